The highest BCUT2D eigenvalue weighted by Crippen LogP contribution is 2.27. The van der Waals surface area contributed by atoms with Crippen LogP contribution in [0.3, 0.4) is 0 Å². The standard InChI is InChI=1S/C27H35FN4O6/c1-17-13-32(25(33)16-36-4)18(2)15-38-23-10-9-21(12-22(23)26(34)31(3)14-24(17)37-5)30-27(35)29-20-8-6-7-19(28)11-20/h6-12,17-18,24H,13-16H2,1-5H3,(H2,29,30,35)/t17-,18-,24+/m1/s1. The maximum absolute atomic E-state index is 13.5. The number of ether oxygens (including phenoxy) is 3. The summed E-state index contributed by atoms with van der Waals surface area (Å²) in [5, 5.41) is 5.22. The molecule has 0 saturated heterocycles. The van der Waals surface area contributed by atoms with Crippen molar-refractivity contribution in [3.8, 4) is 5.75 Å². The van der Waals surface area contributed by atoms with Gasteiger partial charge in [0, 0.05) is 51.6 Å². The van der Waals surface area contributed by atoms with E-state index in [2.05, 4.69) is 10.6 Å². The van der Waals surface area contributed by atoms with Gasteiger partial charge >= 0.3 is 6.03 Å². The van der Waals surface area contributed by atoms with Crippen LogP contribution in [0.25, 0.3) is 0 Å². The van der Waals surface area contributed by atoms with Gasteiger partial charge in [0.1, 0.15) is 24.8 Å². The minimum absolute atomic E-state index is 0.0591. The van der Waals surface area contributed by atoms with Crippen LogP contribution in [0.4, 0.5) is 20.6 Å². The number of carbonyl (C=O) groups is 3. The van der Waals surface area contributed by atoms with Crippen molar-refractivity contribution >= 4 is 29.2 Å². The summed E-state index contributed by atoms with van der Waals surface area (Å²) in [7, 11) is 4.70. The van der Waals surface area contributed by atoms with Gasteiger partial charge in [0.05, 0.1) is 17.7 Å². The molecular weight excluding hydrogens is 495 g/mol. The number of hydrogen-bond acceptors (Lipinski definition) is 6. The number of likely N-dealkylation sites (N-methyl/N-ethyl adjacent to an activating group) is 1. The number of fused-ring (bicyclic) bond motifs is 1. The summed E-state index contributed by atoms with van der Waals surface area (Å²) in [6, 6.07) is 9.32. The van der Waals surface area contributed by atoms with E-state index in [1.54, 1.807) is 37.3 Å². The molecule has 2 aromatic carbocycles. The third kappa shape index (κ3) is 7.42. The second-order valence-corrected chi connectivity index (χ2v) is 9.38. The number of rotatable bonds is 5. The quantitative estimate of drug-likeness (QED) is 0.613. The van der Waals surface area contributed by atoms with E-state index in [9.17, 15) is 18.8 Å². The summed E-state index contributed by atoms with van der Waals surface area (Å²) < 4.78 is 30.2. The first-order valence-electron chi connectivity index (χ1n) is 12.3. The summed E-state index contributed by atoms with van der Waals surface area (Å²) in [4.78, 5) is 42.0. The van der Waals surface area contributed by atoms with Crippen molar-refractivity contribution in [3.63, 3.8) is 0 Å². The normalized spacial score (nSPS) is 20.5. The molecule has 10 nitrogen and oxygen atoms in total. The highest BCUT2D eigenvalue weighted by atomic mass is 19.1. The Kier molecular flexibility index (Phi) is 10.0. The first-order chi connectivity index (χ1) is 18.1. The van der Waals surface area contributed by atoms with Gasteiger partial charge in [0.2, 0.25) is 5.91 Å². The van der Waals surface area contributed by atoms with Crippen LogP contribution in [-0.4, -0.2) is 87.4 Å². The van der Waals surface area contributed by atoms with Crippen LogP contribution in [-0.2, 0) is 14.3 Å². The fourth-order valence-corrected chi connectivity index (χ4v) is 4.27. The van der Waals surface area contributed by atoms with E-state index in [1.165, 1.54) is 36.3 Å². The maximum atomic E-state index is 13.5. The largest absolute Gasteiger partial charge is 0.491 e. The molecule has 3 rings (SSSR count). The van der Waals surface area contributed by atoms with Crippen LogP contribution in [0.1, 0.15) is 24.2 Å². The fraction of sp³-hybridized carbons (Fsp3) is 0.444. The minimum Gasteiger partial charge on any atom is -0.491 e. The van der Waals surface area contributed by atoms with Gasteiger partial charge in [-0.1, -0.05) is 13.0 Å². The van der Waals surface area contributed by atoms with Crippen LogP contribution in [0.2, 0.25) is 0 Å². The number of nitrogens with zero attached hydrogens (tertiary/aromatic N) is 2. The number of nitrogens with one attached hydrogen (secondary N) is 2. The second-order valence-electron chi connectivity index (χ2n) is 9.38. The number of benzene rings is 2. The molecule has 2 N–H and O–H groups in total. The summed E-state index contributed by atoms with van der Waals surface area (Å²) in [6.45, 7) is 4.59. The number of urea groups is 1. The van der Waals surface area contributed by atoms with Gasteiger partial charge in [-0.05, 0) is 43.3 Å². The molecule has 0 unspecified atom stereocenters. The number of hydrogen-bond donors (Lipinski definition) is 2. The van der Waals surface area contributed by atoms with E-state index < -0.39 is 11.8 Å². The van der Waals surface area contributed by atoms with Crippen LogP contribution < -0.4 is 15.4 Å². The molecular formula is C27H35FN4O6. The highest BCUT2D eigenvalue weighted by Gasteiger charge is 2.30. The van der Waals surface area contributed by atoms with Crippen molar-refractivity contribution in [2.45, 2.75) is 26.0 Å². The number of carbonyl (C=O) groups excluding carboxylic acids is 3. The first kappa shape index (κ1) is 28.9. The predicted octanol–water partition coefficient (Wildman–Crippen LogP) is 3.45. The molecule has 3 atom stereocenters. The Morgan fingerprint density at radius 3 is 2.45 bits per heavy atom. The summed E-state index contributed by atoms with van der Waals surface area (Å²) in [5.41, 5.74) is 0.868. The van der Waals surface area contributed by atoms with Crippen molar-refractivity contribution in [3.05, 3.63) is 53.8 Å². The molecule has 38 heavy (non-hydrogen) atoms. The van der Waals surface area contributed by atoms with Crippen LogP contribution in [0.5, 0.6) is 5.75 Å². The Morgan fingerprint density at radius 2 is 1.79 bits per heavy atom. The van der Waals surface area contributed by atoms with E-state index in [0.29, 0.717) is 18.0 Å². The van der Waals surface area contributed by atoms with Crippen molar-refractivity contribution in [2.75, 3.05) is 58.2 Å². The van der Waals surface area contributed by atoms with Crippen LogP contribution in [0.15, 0.2) is 42.5 Å². The van der Waals surface area contributed by atoms with Gasteiger partial charge in [0.15, 0.2) is 0 Å². The molecule has 1 aliphatic heterocycles. The van der Waals surface area contributed by atoms with Crippen molar-refractivity contribution in [1.29, 1.82) is 0 Å². The number of halogens is 1. The molecule has 0 bridgehead atoms. The monoisotopic (exact) mass is 530 g/mol. The zero-order chi connectivity index (χ0) is 27.8. The lowest BCUT2D eigenvalue weighted by Crippen LogP contribution is -2.49. The first-order valence-corrected chi connectivity index (χ1v) is 12.3. The molecule has 1 heterocycles. The SMILES string of the molecule is COCC(=O)N1C[C@@H](C)[C@@H](OC)CN(C)C(=O)c2cc(NC(=O)Nc3cccc(F)c3)ccc2OC[C@H]1C. The van der Waals surface area contributed by atoms with Crippen molar-refractivity contribution in [2.24, 2.45) is 5.92 Å². The molecule has 0 fully saturated rings. The molecule has 0 aliphatic carbocycles. The molecule has 4 amide bonds. The average molecular weight is 531 g/mol. The average Bonchev–Trinajstić information content (AvgIpc) is 2.88. The van der Waals surface area contributed by atoms with Crippen molar-refractivity contribution < 1.29 is 33.0 Å². The smallest absolute Gasteiger partial charge is 0.323 e. The third-order valence-corrected chi connectivity index (χ3v) is 6.37. The molecule has 0 spiro atoms. The Bertz CT molecular complexity index is 1150. The Labute approximate surface area is 222 Å². The van der Waals surface area contributed by atoms with Gasteiger partial charge in [-0.3, -0.25) is 9.59 Å². The van der Waals surface area contributed by atoms with E-state index in [1.807, 2.05) is 13.8 Å². The van der Waals surface area contributed by atoms with Crippen LogP contribution >= 0.6 is 0 Å². The van der Waals surface area contributed by atoms with Gasteiger partial charge in [-0.25, -0.2) is 9.18 Å². The van der Waals surface area contributed by atoms with E-state index in [4.69, 9.17) is 14.2 Å². The lowest BCUT2D eigenvalue weighted by atomic mass is 10.0. The lowest BCUT2D eigenvalue weighted by Gasteiger charge is -2.36. The molecule has 0 saturated carbocycles. The molecule has 2 aromatic rings. The van der Waals surface area contributed by atoms with Gasteiger partial charge < -0.3 is 34.6 Å². The van der Waals surface area contributed by atoms with Crippen LogP contribution in [0, 0.1) is 11.7 Å². The molecule has 206 valence electrons. The Morgan fingerprint density at radius 1 is 1.08 bits per heavy atom. The number of anilines is 2. The van der Waals surface area contributed by atoms with E-state index in [0.717, 1.165) is 0 Å². The third-order valence-electron chi connectivity index (χ3n) is 6.37. The lowest BCUT2D eigenvalue weighted by molar-refractivity contribution is -0.139. The molecule has 1 aliphatic rings. The van der Waals surface area contributed by atoms with E-state index in [-0.39, 0.29) is 60.9 Å². The van der Waals surface area contributed by atoms with Crippen molar-refractivity contribution in [1.82, 2.24) is 9.80 Å². The predicted molar refractivity (Wildman–Crippen MR) is 141 cm³/mol. The minimum atomic E-state index is -0.598. The molecule has 0 radical (unpaired) electrons. The molecule has 0 aromatic heterocycles. The summed E-state index contributed by atoms with van der Waals surface area (Å²) >= 11 is 0. The summed E-state index contributed by atoms with van der Waals surface area (Å²) in [6.07, 6.45) is -0.337. The Hall–Kier alpha value is -3.70. The zero-order valence-corrected chi connectivity index (χ0v) is 22.3. The summed E-state index contributed by atoms with van der Waals surface area (Å²) in [5.74, 6) is -0.739. The maximum Gasteiger partial charge on any atom is 0.323 e. The molecule has 11 heteroatoms. The van der Waals surface area contributed by atoms with Gasteiger partial charge in [-0.2, -0.15) is 0 Å². The fourth-order valence-electron chi connectivity index (χ4n) is 4.27. The number of methoxy groups -OCH3 is 2. The van der Waals surface area contributed by atoms with Gasteiger partial charge in [0.25, 0.3) is 5.91 Å². The topological polar surface area (TPSA) is 109 Å². The van der Waals surface area contributed by atoms with E-state index >= 15 is 0 Å². The highest BCUT2D eigenvalue weighted by molar-refractivity contribution is 6.02. The van der Waals surface area contributed by atoms with Gasteiger partial charge in [-0.15, -0.1) is 0 Å². The zero-order valence-electron chi connectivity index (χ0n) is 22.3. The number of amides is 4. The Balaban J connectivity index is 1.88. The second kappa shape index (κ2) is 13.2.